The summed E-state index contributed by atoms with van der Waals surface area (Å²) in [5.41, 5.74) is 0. The van der Waals surface area contributed by atoms with E-state index in [1.54, 1.807) is 35.2 Å². The van der Waals surface area contributed by atoms with Crippen LogP contribution in [0.3, 0.4) is 0 Å². The molecule has 0 bridgehead atoms. The van der Waals surface area contributed by atoms with E-state index in [0.29, 0.717) is 0 Å². The molecule has 5 heteroatoms. The predicted molar refractivity (Wildman–Crippen MR) is 59.2 cm³/mol. The summed E-state index contributed by atoms with van der Waals surface area (Å²) >= 11 is 0. The minimum Gasteiger partial charge on any atom is -0.394 e. The van der Waals surface area contributed by atoms with Gasteiger partial charge in [-0.1, -0.05) is 13.3 Å². The fraction of sp³-hybridized carbons (Fsp3) is 1.00. The third kappa shape index (κ3) is 8.65. The Kier molecular flexibility index (Phi) is 11.3. The van der Waals surface area contributed by atoms with Crippen LogP contribution in [0.4, 0.5) is 0 Å². The summed E-state index contributed by atoms with van der Waals surface area (Å²) in [6, 6.07) is 0.885. The molecule has 0 aliphatic carbocycles. The lowest BCUT2D eigenvalue weighted by atomic mass is 10.5. The molecule has 4 nitrogen and oxygen atoms in total. The first kappa shape index (κ1) is 16.5. The van der Waals surface area contributed by atoms with E-state index in [2.05, 4.69) is 6.92 Å². The molecule has 0 unspecified atom stereocenters. The van der Waals surface area contributed by atoms with Gasteiger partial charge in [0.2, 0.25) is 0 Å². The minimum absolute atomic E-state index is 0.167. The van der Waals surface area contributed by atoms with Gasteiger partial charge in [0.15, 0.2) is 0 Å². The average molecular weight is 224 g/mol. The highest BCUT2D eigenvalue weighted by molar-refractivity contribution is 6.60. The van der Waals surface area contributed by atoms with Crippen molar-refractivity contribution >= 4 is 8.80 Å². The molecule has 0 spiro atoms. The zero-order valence-electron chi connectivity index (χ0n) is 10.2. The maximum Gasteiger partial charge on any atom is 0.500 e. The predicted octanol–water partition coefficient (Wildman–Crippen LogP) is 1.66. The van der Waals surface area contributed by atoms with Crippen LogP contribution in [0, 0.1) is 0 Å². The summed E-state index contributed by atoms with van der Waals surface area (Å²) in [6.07, 6.45) is 0.863. The number of rotatable bonds is 5. The van der Waals surface area contributed by atoms with Crippen LogP contribution < -0.4 is 0 Å². The van der Waals surface area contributed by atoms with Gasteiger partial charge in [-0.15, -0.1) is 0 Å². The van der Waals surface area contributed by atoms with Gasteiger partial charge in [0.1, 0.15) is 0 Å². The molecule has 1 N–H and O–H groups in total. The SMILES string of the molecule is CC(C)O.CCC[Si](OC)(OC)OC. The Morgan fingerprint density at radius 2 is 1.36 bits per heavy atom. The Balaban J connectivity index is 0. The van der Waals surface area contributed by atoms with Crippen LogP contribution in [0.5, 0.6) is 0 Å². The van der Waals surface area contributed by atoms with Crippen LogP contribution in [0.15, 0.2) is 0 Å². The lowest BCUT2D eigenvalue weighted by molar-refractivity contribution is 0.123. The van der Waals surface area contributed by atoms with E-state index in [1.165, 1.54) is 0 Å². The molecule has 88 valence electrons. The van der Waals surface area contributed by atoms with Crippen molar-refractivity contribution in [1.82, 2.24) is 0 Å². The van der Waals surface area contributed by atoms with Crippen molar-refractivity contribution in [1.29, 1.82) is 0 Å². The molecule has 0 aliphatic rings. The fourth-order valence-corrected chi connectivity index (χ4v) is 2.59. The van der Waals surface area contributed by atoms with Crippen molar-refractivity contribution in [3.63, 3.8) is 0 Å². The molecular formula is C9H24O4Si. The van der Waals surface area contributed by atoms with Crippen LogP contribution in [0.25, 0.3) is 0 Å². The van der Waals surface area contributed by atoms with Crippen LogP contribution in [-0.4, -0.2) is 41.3 Å². The highest BCUT2D eigenvalue weighted by Crippen LogP contribution is 2.13. The molecule has 0 fully saturated rings. The normalized spacial score (nSPS) is 11.1. The lowest BCUT2D eigenvalue weighted by Gasteiger charge is -2.23. The monoisotopic (exact) mass is 224 g/mol. The zero-order chi connectivity index (χ0) is 11.6. The lowest BCUT2D eigenvalue weighted by Crippen LogP contribution is -2.42. The highest BCUT2D eigenvalue weighted by Gasteiger charge is 2.36. The molecule has 0 saturated carbocycles. The molecule has 0 aromatic heterocycles. The van der Waals surface area contributed by atoms with Gasteiger partial charge >= 0.3 is 8.80 Å². The van der Waals surface area contributed by atoms with Crippen molar-refractivity contribution in [2.75, 3.05) is 21.3 Å². The summed E-state index contributed by atoms with van der Waals surface area (Å²) in [6.45, 7) is 5.53. The second-order valence-corrected chi connectivity index (χ2v) is 6.23. The Morgan fingerprint density at radius 3 is 1.43 bits per heavy atom. The van der Waals surface area contributed by atoms with Crippen molar-refractivity contribution in [2.24, 2.45) is 0 Å². The smallest absolute Gasteiger partial charge is 0.394 e. The molecule has 0 amide bonds. The first-order valence-electron chi connectivity index (χ1n) is 4.81. The van der Waals surface area contributed by atoms with Crippen molar-refractivity contribution < 1.29 is 18.4 Å². The molecule has 0 rings (SSSR count). The summed E-state index contributed by atoms with van der Waals surface area (Å²) in [5, 5.41) is 8.06. The third-order valence-corrected chi connectivity index (χ3v) is 4.47. The number of hydrogen-bond acceptors (Lipinski definition) is 4. The highest BCUT2D eigenvalue weighted by atomic mass is 28.4. The zero-order valence-corrected chi connectivity index (χ0v) is 11.2. The van der Waals surface area contributed by atoms with Gasteiger partial charge in [0.05, 0.1) is 0 Å². The molecule has 0 aromatic carbocycles. The topological polar surface area (TPSA) is 47.9 Å². The Morgan fingerprint density at radius 1 is 1.07 bits per heavy atom. The average Bonchev–Trinajstić information content (AvgIpc) is 2.14. The molecule has 0 aliphatic heterocycles. The largest absolute Gasteiger partial charge is 0.500 e. The van der Waals surface area contributed by atoms with E-state index in [0.717, 1.165) is 12.5 Å². The summed E-state index contributed by atoms with van der Waals surface area (Å²) in [7, 11) is 2.68. The quantitative estimate of drug-likeness (QED) is 0.722. The maximum absolute atomic E-state index is 8.06. The van der Waals surface area contributed by atoms with Crippen molar-refractivity contribution in [3.8, 4) is 0 Å². The standard InChI is InChI=1S/C6H16O3Si.C3H8O/c1-5-6-10(7-2,8-3)9-4;1-3(2)4/h5-6H2,1-4H3;3-4H,1-2H3. The van der Waals surface area contributed by atoms with Crippen molar-refractivity contribution in [3.05, 3.63) is 0 Å². The molecule has 0 saturated heterocycles. The van der Waals surface area contributed by atoms with E-state index in [4.69, 9.17) is 18.4 Å². The van der Waals surface area contributed by atoms with E-state index >= 15 is 0 Å². The van der Waals surface area contributed by atoms with Gasteiger partial charge in [-0.25, -0.2) is 0 Å². The van der Waals surface area contributed by atoms with Crippen LogP contribution >= 0.6 is 0 Å². The minimum atomic E-state index is -2.22. The second-order valence-electron chi connectivity index (χ2n) is 3.14. The van der Waals surface area contributed by atoms with Crippen LogP contribution in [0.2, 0.25) is 6.04 Å². The first-order chi connectivity index (χ1) is 6.47. The van der Waals surface area contributed by atoms with Gasteiger partial charge in [0, 0.05) is 33.5 Å². The van der Waals surface area contributed by atoms with Gasteiger partial charge in [-0.2, -0.15) is 0 Å². The fourth-order valence-electron chi connectivity index (χ4n) is 0.862. The molecule has 0 heterocycles. The van der Waals surface area contributed by atoms with Crippen molar-refractivity contribution in [2.45, 2.75) is 39.3 Å². The Bertz CT molecular complexity index is 104. The van der Waals surface area contributed by atoms with E-state index in [-0.39, 0.29) is 6.10 Å². The second kappa shape index (κ2) is 9.61. The third-order valence-electron chi connectivity index (χ3n) is 1.49. The molecule has 14 heavy (non-hydrogen) atoms. The van der Waals surface area contributed by atoms with E-state index < -0.39 is 8.80 Å². The Hall–Kier alpha value is 0.0569. The maximum atomic E-state index is 8.06. The van der Waals surface area contributed by atoms with E-state index in [1.807, 2.05) is 0 Å². The molecule has 0 radical (unpaired) electrons. The first-order valence-corrected chi connectivity index (χ1v) is 6.74. The number of hydrogen-bond donors (Lipinski definition) is 1. The van der Waals surface area contributed by atoms with Gasteiger partial charge < -0.3 is 18.4 Å². The van der Waals surface area contributed by atoms with Gasteiger partial charge in [0.25, 0.3) is 0 Å². The molecule has 0 aromatic rings. The molecular weight excluding hydrogens is 200 g/mol. The Labute approximate surface area is 88.6 Å². The van der Waals surface area contributed by atoms with Gasteiger partial charge in [-0.05, 0) is 13.8 Å². The summed E-state index contributed by atoms with van der Waals surface area (Å²) in [4.78, 5) is 0. The van der Waals surface area contributed by atoms with E-state index in [9.17, 15) is 0 Å². The van der Waals surface area contributed by atoms with Crippen LogP contribution in [-0.2, 0) is 13.3 Å². The summed E-state index contributed by atoms with van der Waals surface area (Å²) in [5.74, 6) is 0. The summed E-state index contributed by atoms with van der Waals surface area (Å²) < 4.78 is 15.5. The van der Waals surface area contributed by atoms with Gasteiger partial charge in [-0.3, -0.25) is 0 Å². The number of aliphatic hydroxyl groups is 1. The number of aliphatic hydroxyl groups excluding tert-OH is 1. The van der Waals surface area contributed by atoms with Crippen LogP contribution in [0.1, 0.15) is 27.2 Å². The molecule has 0 atom stereocenters.